The van der Waals surface area contributed by atoms with Crippen molar-refractivity contribution in [3.8, 4) is 16.9 Å². The Labute approximate surface area is 130 Å². The van der Waals surface area contributed by atoms with Crippen LogP contribution < -0.4 is 10.5 Å². The Bertz CT molecular complexity index is 715. The molecule has 1 aliphatic heterocycles. The van der Waals surface area contributed by atoms with Gasteiger partial charge in [0.25, 0.3) is 0 Å². The second-order valence-electron chi connectivity index (χ2n) is 5.17. The molecule has 1 unspecified atom stereocenters. The molecule has 2 aromatic rings. The lowest BCUT2D eigenvalue weighted by Crippen LogP contribution is -2.24. The van der Waals surface area contributed by atoms with Gasteiger partial charge in [-0.05, 0) is 23.8 Å². The van der Waals surface area contributed by atoms with E-state index in [-0.39, 0.29) is 12.6 Å². The fraction of sp³-hybridized carbons (Fsp3) is 0.250. The van der Waals surface area contributed by atoms with E-state index in [0.717, 1.165) is 12.1 Å². The highest BCUT2D eigenvalue weighted by Gasteiger charge is 2.35. The minimum atomic E-state index is -4.42. The zero-order chi connectivity index (χ0) is 15.9. The van der Waals surface area contributed by atoms with Crippen LogP contribution in [0, 0.1) is 0 Å². The van der Waals surface area contributed by atoms with Crippen LogP contribution in [-0.4, -0.2) is 12.6 Å². The Balaban J connectivity index is 2.21. The van der Waals surface area contributed by atoms with Crippen molar-refractivity contribution in [2.45, 2.75) is 18.7 Å². The Morgan fingerprint density at radius 1 is 1.18 bits per heavy atom. The summed E-state index contributed by atoms with van der Waals surface area (Å²) in [6, 6.07) is 8.98. The van der Waals surface area contributed by atoms with Crippen LogP contribution in [0.3, 0.4) is 0 Å². The number of rotatable bonds is 2. The van der Waals surface area contributed by atoms with Gasteiger partial charge in [-0.25, -0.2) is 0 Å². The van der Waals surface area contributed by atoms with Gasteiger partial charge in [-0.15, -0.1) is 0 Å². The first-order valence-electron chi connectivity index (χ1n) is 6.76. The zero-order valence-corrected chi connectivity index (χ0v) is 12.2. The van der Waals surface area contributed by atoms with Crippen molar-refractivity contribution < 1.29 is 17.9 Å². The van der Waals surface area contributed by atoms with Gasteiger partial charge in [-0.2, -0.15) is 13.2 Å². The highest BCUT2D eigenvalue weighted by molar-refractivity contribution is 6.33. The van der Waals surface area contributed by atoms with Crippen molar-refractivity contribution in [2.24, 2.45) is 5.73 Å². The Morgan fingerprint density at radius 2 is 1.91 bits per heavy atom. The SMILES string of the molecule is NCC1Cc2cc(C(F)(F)F)cc(-c3ccccc3Cl)c2O1. The number of nitrogens with two attached hydrogens (primary N) is 1. The number of hydrogen-bond acceptors (Lipinski definition) is 2. The average molecular weight is 328 g/mol. The molecule has 0 bridgehead atoms. The molecule has 0 radical (unpaired) electrons. The normalized spacial score (nSPS) is 17.2. The van der Waals surface area contributed by atoms with Gasteiger partial charge in [-0.3, -0.25) is 0 Å². The molecule has 0 aromatic heterocycles. The van der Waals surface area contributed by atoms with Crippen LogP contribution in [0.4, 0.5) is 13.2 Å². The van der Waals surface area contributed by atoms with Gasteiger partial charge in [0.1, 0.15) is 11.9 Å². The second-order valence-corrected chi connectivity index (χ2v) is 5.58. The molecule has 0 saturated heterocycles. The van der Waals surface area contributed by atoms with E-state index in [9.17, 15) is 13.2 Å². The summed E-state index contributed by atoms with van der Waals surface area (Å²) in [5.74, 6) is 0.441. The molecule has 1 aliphatic rings. The Morgan fingerprint density at radius 3 is 2.55 bits per heavy atom. The summed E-state index contributed by atoms with van der Waals surface area (Å²) in [4.78, 5) is 0. The van der Waals surface area contributed by atoms with E-state index < -0.39 is 11.7 Å². The van der Waals surface area contributed by atoms with Gasteiger partial charge < -0.3 is 10.5 Å². The summed E-state index contributed by atoms with van der Waals surface area (Å²) in [6.45, 7) is 0.248. The van der Waals surface area contributed by atoms with Crippen LogP contribution in [0.2, 0.25) is 5.02 Å². The van der Waals surface area contributed by atoms with Crippen molar-refractivity contribution in [3.05, 3.63) is 52.5 Å². The fourth-order valence-electron chi connectivity index (χ4n) is 2.61. The van der Waals surface area contributed by atoms with Crippen molar-refractivity contribution in [3.63, 3.8) is 0 Å². The number of benzene rings is 2. The molecular formula is C16H13ClF3NO. The maximum absolute atomic E-state index is 13.1. The predicted molar refractivity (Wildman–Crippen MR) is 79.1 cm³/mol. The summed E-state index contributed by atoms with van der Waals surface area (Å²) in [5, 5.41) is 0.379. The first kappa shape index (κ1) is 15.2. The summed E-state index contributed by atoms with van der Waals surface area (Å²) < 4.78 is 45.1. The smallest absolute Gasteiger partial charge is 0.416 e. The fourth-order valence-corrected chi connectivity index (χ4v) is 2.85. The lowest BCUT2D eigenvalue weighted by atomic mass is 9.97. The average Bonchev–Trinajstić information content (AvgIpc) is 2.89. The van der Waals surface area contributed by atoms with Crippen molar-refractivity contribution in [1.82, 2.24) is 0 Å². The van der Waals surface area contributed by atoms with E-state index in [0.29, 0.717) is 33.9 Å². The van der Waals surface area contributed by atoms with Gasteiger partial charge in [0.2, 0.25) is 0 Å². The first-order valence-corrected chi connectivity index (χ1v) is 7.13. The van der Waals surface area contributed by atoms with Crippen LogP contribution in [0.1, 0.15) is 11.1 Å². The Hall–Kier alpha value is -1.72. The predicted octanol–water partition coefficient (Wildman–Crippen LogP) is 4.29. The van der Waals surface area contributed by atoms with Gasteiger partial charge in [-0.1, -0.05) is 29.8 Å². The van der Waals surface area contributed by atoms with E-state index in [1.165, 1.54) is 0 Å². The molecule has 2 N–H and O–H groups in total. The third-order valence-electron chi connectivity index (χ3n) is 3.65. The largest absolute Gasteiger partial charge is 0.488 e. The van der Waals surface area contributed by atoms with E-state index in [1.54, 1.807) is 24.3 Å². The molecule has 1 atom stereocenters. The minimum absolute atomic E-state index is 0.248. The lowest BCUT2D eigenvalue weighted by Gasteiger charge is -2.15. The maximum Gasteiger partial charge on any atom is 0.416 e. The van der Waals surface area contributed by atoms with E-state index in [4.69, 9.17) is 22.1 Å². The molecule has 0 aliphatic carbocycles. The van der Waals surface area contributed by atoms with E-state index in [1.807, 2.05) is 0 Å². The van der Waals surface area contributed by atoms with Crippen LogP contribution >= 0.6 is 11.6 Å². The standard InChI is InChI=1S/C16H13ClF3NO/c17-14-4-2-1-3-12(14)13-7-10(16(18,19)20)5-9-6-11(8-21)22-15(9)13/h1-5,7,11H,6,8,21H2. The van der Waals surface area contributed by atoms with Crippen molar-refractivity contribution in [2.75, 3.05) is 6.54 Å². The molecule has 0 amide bonds. The number of fused-ring (bicyclic) bond motifs is 1. The second kappa shape index (κ2) is 5.48. The van der Waals surface area contributed by atoms with Crippen molar-refractivity contribution >= 4 is 11.6 Å². The number of hydrogen-bond donors (Lipinski definition) is 1. The molecule has 2 nitrogen and oxygen atoms in total. The van der Waals surface area contributed by atoms with Crippen LogP contribution in [0.25, 0.3) is 11.1 Å². The Kier molecular flexibility index (Phi) is 3.78. The van der Waals surface area contributed by atoms with Crippen LogP contribution in [0.15, 0.2) is 36.4 Å². The number of ether oxygens (including phenoxy) is 1. The van der Waals surface area contributed by atoms with Crippen LogP contribution in [-0.2, 0) is 12.6 Å². The van der Waals surface area contributed by atoms with Crippen molar-refractivity contribution in [1.29, 1.82) is 0 Å². The van der Waals surface area contributed by atoms with E-state index >= 15 is 0 Å². The van der Waals surface area contributed by atoms with Gasteiger partial charge in [0.15, 0.2) is 0 Å². The van der Waals surface area contributed by atoms with Crippen LogP contribution in [0.5, 0.6) is 5.75 Å². The molecule has 6 heteroatoms. The van der Waals surface area contributed by atoms with Gasteiger partial charge in [0, 0.05) is 29.1 Å². The molecule has 0 fully saturated rings. The van der Waals surface area contributed by atoms with Gasteiger partial charge in [0.05, 0.1) is 5.56 Å². The molecule has 0 spiro atoms. The lowest BCUT2D eigenvalue weighted by molar-refractivity contribution is -0.137. The minimum Gasteiger partial charge on any atom is -0.488 e. The monoisotopic (exact) mass is 327 g/mol. The third-order valence-corrected chi connectivity index (χ3v) is 3.98. The summed E-state index contributed by atoms with van der Waals surface area (Å²) in [6.07, 6.45) is -4.36. The molecule has 116 valence electrons. The number of halogens is 4. The molecule has 22 heavy (non-hydrogen) atoms. The topological polar surface area (TPSA) is 35.2 Å². The molecule has 1 heterocycles. The number of alkyl halides is 3. The molecular weight excluding hydrogens is 315 g/mol. The quantitative estimate of drug-likeness (QED) is 0.893. The highest BCUT2D eigenvalue weighted by atomic mass is 35.5. The van der Waals surface area contributed by atoms with E-state index in [2.05, 4.69) is 0 Å². The third kappa shape index (κ3) is 2.66. The highest BCUT2D eigenvalue weighted by Crippen LogP contribution is 2.44. The van der Waals surface area contributed by atoms with Gasteiger partial charge >= 0.3 is 6.18 Å². The first-order chi connectivity index (χ1) is 10.4. The molecule has 3 rings (SSSR count). The zero-order valence-electron chi connectivity index (χ0n) is 11.5. The molecule has 0 saturated carbocycles. The molecule has 2 aromatic carbocycles. The maximum atomic E-state index is 13.1. The summed E-state index contributed by atoms with van der Waals surface area (Å²) >= 11 is 6.14. The summed E-state index contributed by atoms with van der Waals surface area (Å²) in [5.41, 5.74) is 6.26. The summed E-state index contributed by atoms with van der Waals surface area (Å²) in [7, 11) is 0.